The Labute approximate surface area is 117 Å². The van der Waals surface area contributed by atoms with Gasteiger partial charge in [-0.1, -0.05) is 59.3 Å². The summed E-state index contributed by atoms with van der Waals surface area (Å²) in [6, 6.07) is 17.7. The van der Waals surface area contributed by atoms with Gasteiger partial charge in [-0.3, -0.25) is 0 Å². The fourth-order valence-corrected chi connectivity index (χ4v) is 2.92. The van der Waals surface area contributed by atoms with E-state index in [0.29, 0.717) is 5.41 Å². The Bertz CT molecular complexity index is 533. The van der Waals surface area contributed by atoms with Crippen molar-refractivity contribution in [1.82, 2.24) is 0 Å². The summed E-state index contributed by atoms with van der Waals surface area (Å²) in [7, 11) is 0. The van der Waals surface area contributed by atoms with E-state index in [0.717, 1.165) is 4.47 Å². The fraction of sp³-hybridized carbons (Fsp3) is 0.294. The molecule has 0 spiro atoms. The number of hydrogen-bond acceptors (Lipinski definition) is 0. The summed E-state index contributed by atoms with van der Waals surface area (Å²) in [6.45, 7) is 2.30. The Morgan fingerprint density at radius 2 is 1.39 bits per heavy atom. The van der Waals surface area contributed by atoms with Crippen LogP contribution < -0.4 is 0 Å². The molecule has 0 bridgehead atoms. The first-order valence-electron chi connectivity index (χ1n) is 6.60. The number of benzene rings is 2. The molecule has 0 amide bonds. The molecule has 2 aromatic rings. The van der Waals surface area contributed by atoms with Crippen molar-refractivity contribution >= 4 is 15.9 Å². The third-order valence-corrected chi connectivity index (χ3v) is 4.73. The van der Waals surface area contributed by atoms with Crippen molar-refractivity contribution in [3.63, 3.8) is 0 Å². The quantitative estimate of drug-likeness (QED) is 0.696. The van der Waals surface area contributed by atoms with Gasteiger partial charge >= 0.3 is 0 Å². The Balaban J connectivity index is 1.89. The lowest BCUT2D eigenvalue weighted by Crippen LogP contribution is -2.03. The lowest BCUT2D eigenvalue weighted by atomic mass is 9.92. The van der Waals surface area contributed by atoms with E-state index in [2.05, 4.69) is 71.4 Å². The molecule has 1 fully saturated rings. The summed E-state index contributed by atoms with van der Waals surface area (Å²) in [5, 5.41) is 0. The zero-order chi connectivity index (χ0) is 12.6. The van der Waals surface area contributed by atoms with Gasteiger partial charge in [-0.2, -0.15) is 0 Å². The SMILES string of the molecule is CCC1(c2ccc(-c3ccc(Br)cc3)cc2)CC1. The van der Waals surface area contributed by atoms with Crippen LogP contribution in [0.4, 0.5) is 0 Å². The molecule has 0 radical (unpaired) electrons. The largest absolute Gasteiger partial charge is 0.0645 e. The molecule has 18 heavy (non-hydrogen) atoms. The van der Waals surface area contributed by atoms with Crippen LogP contribution in [0.1, 0.15) is 31.7 Å². The van der Waals surface area contributed by atoms with Gasteiger partial charge in [-0.15, -0.1) is 0 Å². The average molecular weight is 301 g/mol. The van der Waals surface area contributed by atoms with Gasteiger partial charge in [0, 0.05) is 4.47 Å². The Morgan fingerprint density at radius 1 is 0.889 bits per heavy atom. The van der Waals surface area contributed by atoms with E-state index in [1.807, 2.05) is 0 Å². The molecule has 1 aliphatic rings. The zero-order valence-electron chi connectivity index (χ0n) is 10.6. The van der Waals surface area contributed by atoms with Crippen LogP contribution in [0.5, 0.6) is 0 Å². The monoisotopic (exact) mass is 300 g/mol. The van der Waals surface area contributed by atoms with Crippen LogP contribution in [0.25, 0.3) is 11.1 Å². The summed E-state index contributed by atoms with van der Waals surface area (Å²) in [5.41, 5.74) is 4.62. The second-order valence-electron chi connectivity index (χ2n) is 5.22. The molecule has 0 saturated heterocycles. The molecule has 0 atom stereocenters. The summed E-state index contributed by atoms with van der Waals surface area (Å²) in [4.78, 5) is 0. The Hall–Kier alpha value is -1.08. The van der Waals surface area contributed by atoms with E-state index < -0.39 is 0 Å². The molecule has 92 valence electrons. The van der Waals surface area contributed by atoms with Gasteiger partial charge in [0.1, 0.15) is 0 Å². The second-order valence-corrected chi connectivity index (χ2v) is 6.13. The third kappa shape index (κ3) is 2.12. The van der Waals surface area contributed by atoms with Gasteiger partial charge in [0.05, 0.1) is 0 Å². The molecule has 0 aliphatic heterocycles. The first kappa shape index (κ1) is 12.0. The van der Waals surface area contributed by atoms with Crippen LogP contribution in [0, 0.1) is 0 Å². The second kappa shape index (κ2) is 4.55. The molecule has 1 aliphatic carbocycles. The molecule has 0 N–H and O–H groups in total. The normalized spacial score (nSPS) is 16.6. The van der Waals surface area contributed by atoms with Crippen molar-refractivity contribution in [2.45, 2.75) is 31.6 Å². The molecule has 0 aromatic heterocycles. The molecule has 1 heteroatoms. The molecule has 0 unspecified atom stereocenters. The van der Waals surface area contributed by atoms with Gasteiger partial charge in [0.25, 0.3) is 0 Å². The van der Waals surface area contributed by atoms with Gasteiger partial charge in [-0.05, 0) is 53.5 Å². The number of hydrogen-bond donors (Lipinski definition) is 0. The van der Waals surface area contributed by atoms with Gasteiger partial charge < -0.3 is 0 Å². The van der Waals surface area contributed by atoms with E-state index in [9.17, 15) is 0 Å². The molecule has 0 nitrogen and oxygen atoms in total. The van der Waals surface area contributed by atoms with Crippen molar-refractivity contribution in [3.05, 3.63) is 58.6 Å². The maximum Gasteiger partial charge on any atom is 0.0175 e. The first-order chi connectivity index (χ1) is 8.73. The Morgan fingerprint density at radius 3 is 1.83 bits per heavy atom. The molecular weight excluding hydrogens is 284 g/mol. The molecule has 3 rings (SSSR count). The zero-order valence-corrected chi connectivity index (χ0v) is 12.2. The highest BCUT2D eigenvalue weighted by Gasteiger charge is 2.41. The van der Waals surface area contributed by atoms with Crippen molar-refractivity contribution in [3.8, 4) is 11.1 Å². The van der Waals surface area contributed by atoms with Crippen LogP contribution in [0.2, 0.25) is 0 Å². The third-order valence-electron chi connectivity index (χ3n) is 4.21. The Kier molecular flexibility index (Phi) is 3.03. The summed E-state index contributed by atoms with van der Waals surface area (Å²) in [6.07, 6.45) is 3.99. The maximum absolute atomic E-state index is 3.47. The van der Waals surface area contributed by atoms with Gasteiger partial charge in [0.15, 0.2) is 0 Å². The van der Waals surface area contributed by atoms with Crippen LogP contribution in [-0.2, 0) is 5.41 Å². The standard InChI is InChI=1S/C17H17Br/c1-2-17(11-12-17)15-7-3-13(4-8-15)14-5-9-16(18)10-6-14/h3-10H,2,11-12H2,1H3. The molecule has 2 aromatic carbocycles. The van der Waals surface area contributed by atoms with E-state index in [1.54, 1.807) is 0 Å². The minimum atomic E-state index is 0.512. The minimum absolute atomic E-state index is 0.512. The van der Waals surface area contributed by atoms with Crippen LogP contribution in [0.15, 0.2) is 53.0 Å². The molecule has 1 saturated carbocycles. The lowest BCUT2D eigenvalue weighted by molar-refractivity contribution is 0.664. The molecule has 0 heterocycles. The van der Waals surface area contributed by atoms with Crippen LogP contribution in [0.3, 0.4) is 0 Å². The van der Waals surface area contributed by atoms with Gasteiger partial charge in [0.2, 0.25) is 0 Å². The summed E-state index contributed by atoms with van der Waals surface area (Å²) < 4.78 is 1.13. The van der Waals surface area contributed by atoms with Crippen molar-refractivity contribution in [2.75, 3.05) is 0 Å². The topological polar surface area (TPSA) is 0 Å². The van der Waals surface area contributed by atoms with E-state index in [1.165, 1.54) is 36.0 Å². The van der Waals surface area contributed by atoms with Gasteiger partial charge in [-0.25, -0.2) is 0 Å². The highest BCUT2D eigenvalue weighted by Crippen LogP contribution is 2.50. The van der Waals surface area contributed by atoms with Crippen molar-refractivity contribution in [2.24, 2.45) is 0 Å². The summed E-state index contributed by atoms with van der Waals surface area (Å²) in [5.74, 6) is 0. The fourth-order valence-electron chi connectivity index (χ4n) is 2.66. The smallest absolute Gasteiger partial charge is 0.0175 e. The maximum atomic E-state index is 3.47. The predicted octanol–water partition coefficient (Wildman–Crippen LogP) is 5.56. The van der Waals surface area contributed by atoms with Crippen LogP contribution in [-0.4, -0.2) is 0 Å². The average Bonchev–Trinajstić information content (AvgIpc) is 3.21. The minimum Gasteiger partial charge on any atom is -0.0645 e. The van der Waals surface area contributed by atoms with Crippen molar-refractivity contribution in [1.29, 1.82) is 0 Å². The van der Waals surface area contributed by atoms with E-state index in [4.69, 9.17) is 0 Å². The number of rotatable bonds is 3. The van der Waals surface area contributed by atoms with E-state index >= 15 is 0 Å². The van der Waals surface area contributed by atoms with E-state index in [-0.39, 0.29) is 0 Å². The van der Waals surface area contributed by atoms with Crippen LogP contribution >= 0.6 is 15.9 Å². The predicted molar refractivity (Wildman–Crippen MR) is 80.8 cm³/mol. The highest BCUT2D eigenvalue weighted by atomic mass is 79.9. The summed E-state index contributed by atoms with van der Waals surface area (Å²) >= 11 is 3.47. The first-order valence-corrected chi connectivity index (χ1v) is 7.39. The highest BCUT2D eigenvalue weighted by molar-refractivity contribution is 9.10. The lowest BCUT2D eigenvalue weighted by Gasteiger charge is -2.13. The molecular formula is C17H17Br. The van der Waals surface area contributed by atoms with Crippen molar-refractivity contribution < 1.29 is 0 Å². The number of halogens is 1.